The fourth-order valence-corrected chi connectivity index (χ4v) is 3.01. The van der Waals surface area contributed by atoms with Crippen LogP contribution in [0.15, 0.2) is 24.3 Å². The minimum absolute atomic E-state index is 0.158. The molecule has 0 aromatic heterocycles. The van der Waals surface area contributed by atoms with Crippen LogP contribution in [-0.2, 0) is 38.2 Å². The summed E-state index contributed by atoms with van der Waals surface area (Å²) < 4.78 is 9.62. The molecule has 0 aliphatic heterocycles. The lowest BCUT2D eigenvalue weighted by atomic mass is 9.82. The highest BCUT2D eigenvalue weighted by atomic mass is 16.5. The Kier molecular flexibility index (Phi) is 14.1. The van der Waals surface area contributed by atoms with Gasteiger partial charge in [0.2, 0.25) is 11.6 Å². The fourth-order valence-electron chi connectivity index (χ4n) is 3.01. The maximum atomic E-state index is 12.0. The number of ketones is 2. The van der Waals surface area contributed by atoms with Crippen LogP contribution in [0.3, 0.4) is 0 Å². The molecule has 0 aliphatic carbocycles. The standard InChI is InChI=1S/C25H38N2O8/c1-16(2)23(32)34-12-9-19(28)21(30)26-11-8-18(5)14-25(6,7)15-27-22(31)20(29)10-13-35-24(33)17(3)4/h18H,1,3,8-15H2,2,4-7H3,(H,26,30)(H,27,31). The van der Waals surface area contributed by atoms with Gasteiger partial charge < -0.3 is 20.1 Å². The van der Waals surface area contributed by atoms with Crippen LogP contribution in [0.2, 0.25) is 0 Å². The Morgan fingerprint density at radius 3 is 1.66 bits per heavy atom. The van der Waals surface area contributed by atoms with Gasteiger partial charge >= 0.3 is 11.9 Å². The zero-order valence-corrected chi connectivity index (χ0v) is 21.4. The number of carbonyl (C=O) groups excluding carboxylic acids is 6. The molecule has 196 valence electrons. The van der Waals surface area contributed by atoms with Gasteiger partial charge in [-0.05, 0) is 38.0 Å². The van der Waals surface area contributed by atoms with E-state index in [2.05, 4.69) is 23.8 Å². The third-order valence-electron chi connectivity index (χ3n) is 4.88. The van der Waals surface area contributed by atoms with Crippen molar-refractivity contribution in [1.82, 2.24) is 10.6 Å². The van der Waals surface area contributed by atoms with Crippen molar-refractivity contribution in [2.24, 2.45) is 11.3 Å². The van der Waals surface area contributed by atoms with Crippen molar-refractivity contribution in [2.75, 3.05) is 26.3 Å². The van der Waals surface area contributed by atoms with Crippen LogP contribution in [0.25, 0.3) is 0 Å². The molecule has 0 rings (SSSR count). The van der Waals surface area contributed by atoms with Crippen molar-refractivity contribution in [2.45, 2.75) is 60.3 Å². The van der Waals surface area contributed by atoms with E-state index in [1.54, 1.807) is 0 Å². The van der Waals surface area contributed by atoms with E-state index in [9.17, 15) is 28.8 Å². The molecular weight excluding hydrogens is 456 g/mol. The molecule has 1 unspecified atom stereocenters. The van der Waals surface area contributed by atoms with E-state index in [-0.39, 0.29) is 55.1 Å². The molecule has 0 bridgehead atoms. The van der Waals surface area contributed by atoms with Crippen molar-refractivity contribution < 1.29 is 38.2 Å². The van der Waals surface area contributed by atoms with E-state index in [4.69, 9.17) is 9.47 Å². The lowest BCUT2D eigenvalue weighted by molar-refractivity contribution is -0.143. The van der Waals surface area contributed by atoms with E-state index >= 15 is 0 Å². The van der Waals surface area contributed by atoms with Crippen LogP contribution in [0.1, 0.15) is 60.3 Å². The number of rotatable bonds is 17. The average Bonchev–Trinajstić information content (AvgIpc) is 2.76. The summed E-state index contributed by atoms with van der Waals surface area (Å²) >= 11 is 0. The first-order valence-corrected chi connectivity index (χ1v) is 11.4. The van der Waals surface area contributed by atoms with Crippen molar-refractivity contribution >= 4 is 35.3 Å². The maximum absolute atomic E-state index is 12.0. The molecular formula is C25H38N2O8. The van der Waals surface area contributed by atoms with Gasteiger partial charge in [0.05, 0.1) is 26.1 Å². The van der Waals surface area contributed by atoms with Gasteiger partial charge in [-0.15, -0.1) is 0 Å². The van der Waals surface area contributed by atoms with Crippen LogP contribution in [-0.4, -0.2) is 61.6 Å². The molecule has 0 aromatic carbocycles. The Balaban J connectivity index is 4.24. The van der Waals surface area contributed by atoms with Crippen LogP contribution in [0.4, 0.5) is 0 Å². The number of hydrogen-bond donors (Lipinski definition) is 2. The highest BCUT2D eigenvalue weighted by molar-refractivity contribution is 6.36. The molecule has 2 amide bonds. The molecule has 0 heterocycles. The SMILES string of the molecule is C=C(C)C(=O)OCCC(=O)C(=O)NCCC(C)CC(C)(C)CNC(=O)C(=O)CCOC(=O)C(=C)C. The number of amides is 2. The van der Waals surface area contributed by atoms with E-state index in [1.165, 1.54) is 13.8 Å². The minimum Gasteiger partial charge on any atom is -0.462 e. The molecule has 0 aliphatic rings. The Labute approximate surface area is 206 Å². The summed E-state index contributed by atoms with van der Waals surface area (Å²) in [4.78, 5) is 70.2. The molecule has 0 radical (unpaired) electrons. The van der Waals surface area contributed by atoms with Gasteiger partial charge in [-0.25, -0.2) is 9.59 Å². The van der Waals surface area contributed by atoms with Crippen molar-refractivity contribution in [3.8, 4) is 0 Å². The van der Waals surface area contributed by atoms with Crippen LogP contribution < -0.4 is 10.6 Å². The first-order valence-electron chi connectivity index (χ1n) is 11.4. The van der Waals surface area contributed by atoms with E-state index < -0.39 is 35.3 Å². The zero-order chi connectivity index (χ0) is 27.2. The Bertz CT molecular complexity index is 844. The van der Waals surface area contributed by atoms with E-state index in [1.807, 2.05) is 20.8 Å². The number of carbonyl (C=O) groups is 6. The number of ether oxygens (including phenoxy) is 2. The lowest BCUT2D eigenvalue weighted by Crippen LogP contribution is -2.39. The maximum Gasteiger partial charge on any atom is 0.333 e. The topological polar surface area (TPSA) is 145 Å². The molecule has 35 heavy (non-hydrogen) atoms. The second-order valence-corrected chi connectivity index (χ2v) is 9.38. The summed E-state index contributed by atoms with van der Waals surface area (Å²) in [5.74, 6) is -3.89. The minimum atomic E-state index is -0.739. The average molecular weight is 495 g/mol. The first-order chi connectivity index (χ1) is 16.2. The summed E-state index contributed by atoms with van der Waals surface area (Å²) in [6.45, 7) is 15.9. The zero-order valence-electron chi connectivity index (χ0n) is 21.4. The second-order valence-electron chi connectivity index (χ2n) is 9.38. The molecule has 10 heteroatoms. The van der Waals surface area contributed by atoms with Crippen molar-refractivity contribution in [1.29, 1.82) is 0 Å². The van der Waals surface area contributed by atoms with Crippen molar-refractivity contribution in [3.05, 3.63) is 24.3 Å². The highest BCUT2D eigenvalue weighted by Gasteiger charge is 2.24. The van der Waals surface area contributed by atoms with Gasteiger partial charge in [-0.1, -0.05) is 33.9 Å². The normalized spacial score (nSPS) is 11.6. The molecule has 10 nitrogen and oxygen atoms in total. The van der Waals surface area contributed by atoms with E-state index in [0.29, 0.717) is 19.4 Å². The van der Waals surface area contributed by atoms with Gasteiger partial charge in [0.15, 0.2) is 0 Å². The number of nitrogens with one attached hydrogen (secondary N) is 2. The molecule has 0 saturated carbocycles. The first kappa shape index (κ1) is 31.7. The quantitative estimate of drug-likeness (QED) is 0.177. The lowest BCUT2D eigenvalue weighted by Gasteiger charge is -2.28. The van der Waals surface area contributed by atoms with Gasteiger partial charge in [0.1, 0.15) is 0 Å². The predicted molar refractivity (Wildman–Crippen MR) is 129 cm³/mol. The van der Waals surface area contributed by atoms with E-state index in [0.717, 1.165) is 0 Å². The summed E-state index contributed by atoms with van der Waals surface area (Å²) in [6.07, 6.45) is 0.880. The fraction of sp³-hybridized carbons (Fsp3) is 0.600. The Morgan fingerprint density at radius 2 is 1.23 bits per heavy atom. The molecule has 0 saturated heterocycles. The second kappa shape index (κ2) is 15.6. The van der Waals surface area contributed by atoms with Gasteiger partial charge in [0.25, 0.3) is 11.8 Å². The van der Waals surface area contributed by atoms with Gasteiger partial charge in [-0.2, -0.15) is 0 Å². The Morgan fingerprint density at radius 1 is 0.800 bits per heavy atom. The van der Waals surface area contributed by atoms with Gasteiger partial charge in [0, 0.05) is 24.2 Å². The van der Waals surface area contributed by atoms with Crippen molar-refractivity contribution in [3.63, 3.8) is 0 Å². The third-order valence-corrected chi connectivity index (χ3v) is 4.88. The van der Waals surface area contributed by atoms with Gasteiger partial charge in [-0.3, -0.25) is 19.2 Å². The largest absolute Gasteiger partial charge is 0.462 e. The highest BCUT2D eigenvalue weighted by Crippen LogP contribution is 2.26. The molecule has 0 spiro atoms. The number of Topliss-reactive ketones (excluding diaryl/α,β-unsaturated/α-hetero) is 2. The third kappa shape index (κ3) is 14.5. The monoisotopic (exact) mass is 494 g/mol. The summed E-state index contributed by atoms with van der Waals surface area (Å²) in [5.41, 5.74) is 0.103. The summed E-state index contributed by atoms with van der Waals surface area (Å²) in [5, 5.41) is 5.17. The smallest absolute Gasteiger partial charge is 0.333 e. The molecule has 1 atom stereocenters. The summed E-state index contributed by atoms with van der Waals surface area (Å²) in [7, 11) is 0. The predicted octanol–water partition coefficient (Wildman–Crippen LogP) is 1.82. The van der Waals surface area contributed by atoms with Crippen LogP contribution in [0, 0.1) is 11.3 Å². The molecule has 0 fully saturated rings. The number of hydrogen-bond acceptors (Lipinski definition) is 8. The molecule has 2 N–H and O–H groups in total. The molecule has 0 aromatic rings. The Hall–Kier alpha value is -3.30. The van der Waals surface area contributed by atoms with Crippen LogP contribution in [0.5, 0.6) is 0 Å². The van der Waals surface area contributed by atoms with Crippen LogP contribution >= 0.6 is 0 Å². The number of esters is 2. The summed E-state index contributed by atoms with van der Waals surface area (Å²) in [6, 6.07) is 0.